The molecule has 3 N–H and O–H groups in total. The molecule has 0 aliphatic carbocycles. The number of benzene rings is 1. The normalized spacial score (nSPS) is 15.8. The predicted molar refractivity (Wildman–Crippen MR) is 75.2 cm³/mol. The summed E-state index contributed by atoms with van der Waals surface area (Å²) in [6, 6.07) is 8.22. The summed E-state index contributed by atoms with van der Waals surface area (Å²) in [6.07, 6.45) is 0.746. The minimum atomic E-state index is -0.473. The van der Waals surface area contributed by atoms with E-state index in [2.05, 4.69) is 24.4 Å². The third-order valence-corrected chi connectivity index (χ3v) is 3.70. The molecule has 0 saturated carbocycles. The van der Waals surface area contributed by atoms with Crippen molar-refractivity contribution < 1.29 is 4.79 Å². The Balaban J connectivity index is 2.73. The Labute approximate surface area is 110 Å². The zero-order chi connectivity index (χ0) is 13.8. The quantitative estimate of drug-likeness (QED) is 0.841. The van der Waals surface area contributed by atoms with E-state index in [1.807, 2.05) is 32.9 Å². The topological polar surface area (TPSA) is 55.1 Å². The Hall–Kier alpha value is -1.35. The van der Waals surface area contributed by atoms with Gasteiger partial charge in [0.05, 0.1) is 11.5 Å². The molecule has 3 nitrogen and oxygen atoms in total. The Kier molecular flexibility index (Phi) is 4.91. The zero-order valence-corrected chi connectivity index (χ0v) is 11.8. The monoisotopic (exact) mass is 248 g/mol. The average Bonchev–Trinajstić information content (AvgIpc) is 2.38. The molecule has 1 amide bonds. The summed E-state index contributed by atoms with van der Waals surface area (Å²) in [5.74, 6) is 0.0283. The molecule has 0 fully saturated rings. The molecule has 3 heteroatoms. The van der Waals surface area contributed by atoms with E-state index in [4.69, 9.17) is 5.73 Å². The Morgan fingerprint density at radius 3 is 2.39 bits per heavy atom. The van der Waals surface area contributed by atoms with E-state index in [1.54, 1.807) is 0 Å². The van der Waals surface area contributed by atoms with Gasteiger partial charge in [0, 0.05) is 6.54 Å². The summed E-state index contributed by atoms with van der Waals surface area (Å²) in [5.41, 5.74) is 7.55. The first-order chi connectivity index (χ1) is 8.42. The van der Waals surface area contributed by atoms with Crippen molar-refractivity contribution in [1.29, 1.82) is 0 Å². The third-order valence-electron chi connectivity index (χ3n) is 3.70. The molecule has 1 aromatic carbocycles. The molecule has 0 aliphatic heterocycles. The molecule has 0 heterocycles. The maximum atomic E-state index is 12.2. The number of carbonyl (C=O) groups excluding carboxylic acids is 1. The summed E-state index contributed by atoms with van der Waals surface area (Å²) < 4.78 is 0. The summed E-state index contributed by atoms with van der Waals surface area (Å²) >= 11 is 0. The number of hydrogen-bond acceptors (Lipinski definition) is 2. The molecule has 0 bridgehead atoms. The number of nitrogens with one attached hydrogen (secondary N) is 1. The lowest BCUT2D eigenvalue weighted by Crippen LogP contribution is -2.44. The fourth-order valence-electron chi connectivity index (χ4n) is 1.71. The number of rotatable bonds is 5. The van der Waals surface area contributed by atoms with Gasteiger partial charge in [0.15, 0.2) is 0 Å². The van der Waals surface area contributed by atoms with Crippen LogP contribution < -0.4 is 11.1 Å². The molecule has 18 heavy (non-hydrogen) atoms. The molecule has 2 atom stereocenters. The zero-order valence-electron chi connectivity index (χ0n) is 11.8. The first-order valence-corrected chi connectivity index (χ1v) is 6.50. The van der Waals surface area contributed by atoms with Crippen LogP contribution in [0.5, 0.6) is 0 Å². The van der Waals surface area contributed by atoms with Crippen LogP contribution in [0.2, 0.25) is 0 Å². The smallest absolute Gasteiger partial charge is 0.227 e. The number of nitrogens with two attached hydrogens (primary N) is 1. The fourth-order valence-corrected chi connectivity index (χ4v) is 1.71. The Morgan fingerprint density at radius 2 is 1.94 bits per heavy atom. The number of amides is 1. The van der Waals surface area contributed by atoms with Gasteiger partial charge in [0.25, 0.3) is 0 Å². The highest BCUT2D eigenvalue weighted by Crippen LogP contribution is 2.22. The lowest BCUT2D eigenvalue weighted by Gasteiger charge is -2.27. The SMILES string of the molecule is CCC(C)(CN)C(=O)N[C@H](C)c1ccc(C)cc1. The molecule has 1 rings (SSSR count). The molecule has 0 aromatic heterocycles. The summed E-state index contributed by atoms with van der Waals surface area (Å²) in [7, 11) is 0. The molecular weight excluding hydrogens is 224 g/mol. The van der Waals surface area contributed by atoms with Gasteiger partial charge in [-0.1, -0.05) is 36.8 Å². The lowest BCUT2D eigenvalue weighted by molar-refractivity contribution is -0.130. The highest BCUT2D eigenvalue weighted by molar-refractivity contribution is 5.82. The minimum Gasteiger partial charge on any atom is -0.349 e. The fraction of sp³-hybridized carbons (Fsp3) is 0.533. The number of carbonyl (C=O) groups is 1. The van der Waals surface area contributed by atoms with E-state index in [1.165, 1.54) is 5.56 Å². The van der Waals surface area contributed by atoms with Crippen LogP contribution in [0, 0.1) is 12.3 Å². The highest BCUT2D eigenvalue weighted by Gasteiger charge is 2.30. The third kappa shape index (κ3) is 3.33. The van der Waals surface area contributed by atoms with Crippen molar-refractivity contribution in [2.75, 3.05) is 6.54 Å². The molecule has 1 aromatic rings. The van der Waals surface area contributed by atoms with Gasteiger partial charge in [0.2, 0.25) is 5.91 Å². The van der Waals surface area contributed by atoms with Gasteiger partial charge in [-0.25, -0.2) is 0 Å². The minimum absolute atomic E-state index is 0.00975. The van der Waals surface area contributed by atoms with Crippen LogP contribution >= 0.6 is 0 Å². The molecule has 0 saturated heterocycles. The summed E-state index contributed by atoms with van der Waals surface area (Å²) in [4.78, 5) is 12.2. The van der Waals surface area contributed by atoms with Gasteiger partial charge >= 0.3 is 0 Å². The molecule has 1 unspecified atom stereocenters. The maximum absolute atomic E-state index is 12.2. The highest BCUT2D eigenvalue weighted by atomic mass is 16.2. The van der Waals surface area contributed by atoms with Crippen molar-refractivity contribution in [2.45, 2.75) is 40.2 Å². The van der Waals surface area contributed by atoms with E-state index < -0.39 is 5.41 Å². The van der Waals surface area contributed by atoms with Crippen LogP contribution in [0.25, 0.3) is 0 Å². The molecular formula is C15H24N2O. The van der Waals surface area contributed by atoms with Crippen LogP contribution in [0.3, 0.4) is 0 Å². The largest absolute Gasteiger partial charge is 0.349 e. The van der Waals surface area contributed by atoms with E-state index in [9.17, 15) is 4.79 Å². The molecule has 0 aliphatic rings. The van der Waals surface area contributed by atoms with E-state index in [-0.39, 0.29) is 11.9 Å². The van der Waals surface area contributed by atoms with Gasteiger partial charge in [-0.05, 0) is 32.8 Å². The molecule has 0 radical (unpaired) electrons. The second-order valence-corrected chi connectivity index (χ2v) is 5.22. The van der Waals surface area contributed by atoms with E-state index in [0.717, 1.165) is 12.0 Å². The first-order valence-electron chi connectivity index (χ1n) is 6.50. The van der Waals surface area contributed by atoms with Gasteiger partial charge in [-0.2, -0.15) is 0 Å². The Morgan fingerprint density at radius 1 is 1.39 bits per heavy atom. The summed E-state index contributed by atoms with van der Waals surface area (Å²) in [6.45, 7) is 8.31. The van der Waals surface area contributed by atoms with Crippen LogP contribution in [0.1, 0.15) is 44.4 Å². The van der Waals surface area contributed by atoms with Crippen molar-refractivity contribution in [2.24, 2.45) is 11.1 Å². The van der Waals surface area contributed by atoms with Crippen LogP contribution in [0.4, 0.5) is 0 Å². The van der Waals surface area contributed by atoms with Gasteiger partial charge in [-0.15, -0.1) is 0 Å². The number of hydrogen-bond donors (Lipinski definition) is 2. The van der Waals surface area contributed by atoms with Gasteiger partial charge in [0.1, 0.15) is 0 Å². The second-order valence-electron chi connectivity index (χ2n) is 5.22. The van der Waals surface area contributed by atoms with Gasteiger partial charge in [-0.3, -0.25) is 4.79 Å². The van der Waals surface area contributed by atoms with Crippen molar-refractivity contribution in [3.63, 3.8) is 0 Å². The predicted octanol–water partition coefficient (Wildman–Crippen LogP) is 2.55. The Bertz CT molecular complexity index is 393. The maximum Gasteiger partial charge on any atom is 0.227 e. The van der Waals surface area contributed by atoms with E-state index in [0.29, 0.717) is 6.54 Å². The van der Waals surface area contributed by atoms with Crippen molar-refractivity contribution in [3.05, 3.63) is 35.4 Å². The molecule has 0 spiro atoms. The van der Waals surface area contributed by atoms with Crippen molar-refractivity contribution >= 4 is 5.91 Å². The standard InChI is InChI=1S/C15H24N2O/c1-5-15(4,10-16)14(18)17-12(3)13-8-6-11(2)7-9-13/h6-9,12H,5,10,16H2,1-4H3,(H,17,18)/t12-,15?/m1/s1. The van der Waals surface area contributed by atoms with Gasteiger partial charge < -0.3 is 11.1 Å². The van der Waals surface area contributed by atoms with E-state index >= 15 is 0 Å². The lowest BCUT2D eigenvalue weighted by atomic mass is 9.86. The van der Waals surface area contributed by atoms with Crippen LogP contribution in [0.15, 0.2) is 24.3 Å². The summed E-state index contributed by atoms with van der Waals surface area (Å²) in [5, 5.41) is 3.04. The first kappa shape index (κ1) is 14.7. The average molecular weight is 248 g/mol. The second kappa shape index (κ2) is 6.01. The molecule has 100 valence electrons. The number of aryl methyl sites for hydroxylation is 1. The van der Waals surface area contributed by atoms with Crippen molar-refractivity contribution in [1.82, 2.24) is 5.32 Å². The van der Waals surface area contributed by atoms with Crippen molar-refractivity contribution in [3.8, 4) is 0 Å². The van der Waals surface area contributed by atoms with Crippen LogP contribution in [-0.2, 0) is 4.79 Å². The van der Waals surface area contributed by atoms with Crippen LogP contribution in [-0.4, -0.2) is 12.5 Å².